The lowest BCUT2D eigenvalue weighted by molar-refractivity contribution is -0.287. The number of ether oxygens (including phenoxy) is 3. The molecule has 2 saturated heterocycles. The Morgan fingerprint density at radius 3 is 2.45 bits per heavy atom. The molecule has 1 aromatic rings. The van der Waals surface area contributed by atoms with Crippen LogP contribution in [0.3, 0.4) is 0 Å². The van der Waals surface area contributed by atoms with Gasteiger partial charge in [0.1, 0.15) is 47.6 Å². The maximum atomic E-state index is 13.9. The highest BCUT2D eigenvalue weighted by atomic mass is 32.5. The van der Waals surface area contributed by atoms with E-state index in [4.69, 9.17) is 53.5 Å². The monoisotopic (exact) mass is 682 g/mol. The largest absolute Gasteiger partial charge is 0.481 e. The first kappa shape index (κ1) is 35.3. The number of thiophene rings is 1. The maximum Gasteiger partial charge on any atom is 0.481 e. The summed E-state index contributed by atoms with van der Waals surface area (Å²) in [6.45, 7) is -6.75. The van der Waals surface area contributed by atoms with E-state index in [1.165, 1.54) is 5.38 Å². The standard InChI is InChI=1S/C20H29FN2O15P2S2/c1-3-20(33-2)16(28)9(35-17(20)7-6-42-15(10(7)22)18(23)29)5-34-40(32,41)38-39(30,31)37-19-13(27)11(25)12(26)14(36-19)8(21)4-24/h1,6,8-9,11-14,16-17,19,24-28H,4-5,22H2,2H3,(H2,23,29)(H,30,31)(H,32,41)/t8-,9+,11?,12?,13?,14?,16+,17-,19?,20+,40?/m0/s1. The van der Waals surface area contributed by atoms with Crippen LogP contribution in [-0.2, 0) is 43.9 Å². The third kappa shape index (κ3) is 7.04. The van der Waals surface area contributed by atoms with Crippen molar-refractivity contribution in [3.05, 3.63) is 15.8 Å². The SMILES string of the molecule is C#C[C@@]1(OC)[C@H](O)[C@@H](COP(O)(=S)OP(=O)(O)OC2OC([C@@H](F)CO)C(O)C(O)C2O)O[C@H]1c1csc(C(N)=O)c1N. The van der Waals surface area contributed by atoms with Gasteiger partial charge in [-0.1, -0.05) is 5.92 Å². The Bertz CT molecular complexity index is 1280. The Labute approximate surface area is 246 Å². The lowest BCUT2D eigenvalue weighted by Crippen LogP contribution is -2.60. The van der Waals surface area contributed by atoms with Crippen LogP contribution in [0.15, 0.2) is 5.38 Å². The van der Waals surface area contributed by atoms with Crippen molar-refractivity contribution in [1.29, 1.82) is 0 Å². The van der Waals surface area contributed by atoms with Gasteiger partial charge < -0.3 is 65.5 Å². The summed E-state index contributed by atoms with van der Waals surface area (Å²) in [5.74, 6) is 1.45. The van der Waals surface area contributed by atoms with E-state index in [-0.39, 0.29) is 16.1 Å². The highest BCUT2D eigenvalue weighted by Crippen LogP contribution is 2.62. The van der Waals surface area contributed by atoms with E-state index < -0.39 is 94.5 Å². The van der Waals surface area contributed by atoms with Gasteiger partial charge in [0.25, 0.3) is 5.91 Å². The van der Waals surface area contributed by atoms with Crippen molar-refractivity contribution in [3.8, 4) is 12.3 Å². The maximum absolute atomic E-state index is 13.9. The van der Waals surface area contributed by atoms with Crippen molar-refractivity contribution in [2.45, 2.75) is 60.8 Å². The molecule has 0 radical (unpaired) electrons. The van der Waals surface area contributed by atoms with E-state index in [0.717, 1.165) is 18.4 Å². The molecule has 3 rings (SSSR count). The van der Waals surface area contributed by atoms with Crippen LogP contribution < -0.4 is 11.5 Å². The number of methoxy groups -OCH3 is 1. The number of aliphatic hydroxyl groups excluding tert-OH is 5. The fourth-order valence-electron chi connectivity index (χ4n) is 4.27. The number of primary amides is 1. The first-order valence-corrected chi connectivity index (χ1v) is 16.6. The fourth-order valence-corrected chi connectivity index (χ4v) is 8.23. The van der Waals surface area contributed by atoms with Gasteiger partial charge >= 0.3 is 14.5 Å². The van der Waals surface area contributed by atoms with Gasteiger partial charge in [0.2, 0.25) is 0 Å². The number of terminal acetylenes is 1. The summed E-state index contributed by atoms with van der Waals surface area (Å²) < 4.78 is 56.6. The molecule has 3 heterocycles. The van der Waals surface area contributed by atoms with Crippen LogP contribution in [0.2, 0.25) is 0 Å². The van der Waals surface area contributed by atoms with Gasteiger partial charge in [-0.15, -0.1) is 17.8 Å². The molecule has 2 aliphatic heterocycles. The topological polar surface area (TPSA) is 283 Å². The number of amides is 1. The third-order valence-corrected chi connectivity index (χ3v) is 10.9. The van der Waals surface area contributed by atoms with E-state index in [2.05, 4.69) is 14.8 Å². The summed E-state index contributed by atoms with van der Waals surface area (Å²) in [5, 5.41) is 51.1. The Hall–Kier alpha value is -1.18. The summed E-state index contributed by atoms with van der Waals surface area (Å²) in [6.07, 6.45) is -11.8. The zero-order valence-electron chi connectivity index (χ0n) is 21.4. The van der Waals surface area contributed by atoms with Crippen molar-refractivity contribution in [2.24, 2.45) is 5.73 Å². The second-order valence-electron chi connectivity index (χ2n) is 9.00. The first-order chi connectivity index (χ1) is 19.4. The summed E-state index contributed by atoms with van der Waals surface area (Å²) in [6, 6.07) is 0. The molecule has 0 saturated carbocycles. The number of phosphoric acid groups is 1. The molecule has 0 spiro atoms. The number of carbonyl (C=O) groups is 1. The fraction of sp³-hybridized carbons (Fsp3) is 0.650. The smallest absolute Gasteiger partial charge is 0.397 e. The van der Waals surface area contributed by atoms with Gasteiger partial charge in [-0.2, -0.15) is 0 Å². The highest BCUT2D eigenvalue weighted by molar-refractivity contribution is 8.08. The van der Waals surface area contributed by atoms with Crippen LogP contribution in [0.5, 0.6) is 0 Å². The van der Waals surface area contributed by atoms with Crippen LogP contribution in [0, 0.1) is 12.3 Å². The lowest BCUT2D eigenvalue weighted by atomic mass is 9.87. The van der Waals surface area contributed by atoms with Crippen molar-refractivity contribution in [3.63, 3.8) is 0 Å². The average molecular weight is 683 g/mol. The number of phosphoric ester groups is 1. The van der Waals surface area contributed by atoms with Gasteiger partial charge in [0, 0.05) is 12.7 Å². The van der Waals surface area contributed by atoms with E-state index in [1.807, 2.05) is 0 Å². The van der Waals surface area contributed by atoms with Crippen LogP contribution >= 0.6 is 25.9 Å². The molecular formula is C20H29FN2O15P2S2. The minimum atomic E-state index is -5.53. The number of aliphatic hydroxyl groups is 5. The van der Waals surface area contributed by atoms with E-state index in [1.54, 1.807) is 0 Å². The molecule has 11 N–H and O–H groups in total. The molecule has 7 unspecified atom stereocenters. The van der Waals surface area contributed by atoms with Crippen LogP contribution in [0.4, 0.5) is 10.1 Å². The second kappa shape index (κ2) is 13.4. The van der Waals surface area contributed by atoms with Crippen molar-refractivity contribution >= 4 is 49.3 Å². The molecule has 22 heteroatoms. The summed E-state index contributed by atoms with van der Waals surface area (Å²) in [7, 11) is -4.37. The molecule has 2 fully saturated rings. The number of hydrogen-bond donors (Lipinski definition) is 9. The molecule has 1 amide bonds. The number of alkyl halides is 1. The number of rotatable bonds is 12. The van der Waals surface area contributed by atoms with E-state index in [0.29, 0.717) is 0 Å². The van der Waals surface area contributed by atoms with Gasteiger partial charge in [-0.05, 0) is 17.2 Å². The van der Waals surface area contributed by atoms with Crippen molar-refractivity contribution in [2.75, 3.05) is 26.1 Å². The molecule has 0 bridgehead atoms. The van der Waals surface area contributed by atoms with Crippen LogP contribution in [0.25, 0.3) is 0 Å². The minimum Gasteiger partial charge on any atom is -0.397 e. The number of nitrogens with two attached hydrogens (primary N) is 2. The third-order valence-electron chi connectivity index (χ3n) is 6.40. The van der Waals surface area contributed by atoms with E-state index >= 15 is 0 Å². The van der Waals surface area contributed by atoms with Gasteiger partial charge in [-0.3, -0.25) is 9.32 Å². The summed E-state index contributed by atoms with van der Waals surface area (Å²) >= 11 is 5.61. The normalized spacial score (nSPS) is 37.0. The highest BCUT2D eigenvalue weighted by Gasteiger charge is 2.58. The Balaban J connectivity index is 1.72. The minimum absolute atomic E-state index is 0.0124. The quantitative estimate of drug-likeness (QED) is 0.0832. The van der Waals surface area contributed by atoms with Crippen molar-refractivity contribution < 1.29 is 76.6 Å². The molecule has 0 aromatic carbocycles. The molecule has 0 aliphatic carbocycles. The Kier molecular flexibility index (Phi) is 11.3. The molecule has 17 nitrogen and oxygen atoms in total. The number of halogens is 1. The van der Waals surface area contributed by atoms with Crippen LogP contribution in [-0.4, -0.2) is 116 Å². The Morgan fingerprint density at radius 1 is 1.29 bits per heavy atom. The van der Waals surface area contributed by atoms with Gasteiger partial charge in [-0.25, -0.2) is 13.3 Å². The number of hydrogen-bond acceptors (Lipinski definition) is 16. The zero-order valence-corrected chi connectivity index (χ0v) is 24.8. The molecule has 2 aliphatic rings. The molecular weight excluding hydrogens is 653 g/mol. The number of anilines is 1. The first-order valence-electron chi connectivity index (χ1n) is 11.6. The Morgan fingerprint density at radius 2 is 1.93 bits per heavy atom. The average Bonchev–Trinajstić information content (AvgIpc) is 3.43. The second-order valence-corrected chi connectivity index (χ2v) is 14.3. The van der Waals surface area contributed by atoms with Crippen LogP contribution in [0.1, 0.15) is 21.3 Å². The molecule has 1 aromatic heterocycles. The lowest BCUT2D eigenvalue weighted by Gasteiger charge is -2.41. The number of nitrogen functional groups attached to an aromatic ring is 1. The molecule has 238 valence electrons. The van der Waals surface area contributed by atoms with E-state index in [9.17, 15) is 44.0 Å². The predicted octanol–water partition coefficient (Wildman–Crippen LogP) is -2.25. The molecule has 12 atom stereocenters. The van der Waals surface area contributed by atoms with Crippen molar-refractivity contribution in [1.82, 2.24) is 0 Å². The summed E-state index contributed by atoms with van der Waals surface area (Å²) in [5.41, 5.74) is 9.48. The zero-order chi connectivity index (χ0) is 31.8. The van der Waals surface area contributed by atoms with Gasteiger partial charge in [0.15, 0.2) is 18.1 Å². The predicted molar refractivity (Wildman–Crippen MR) is 143 cm³/mol. The van der Waals surface area contributed by atoms with Gasteiger partial charge in [0.05, 0.1) is 18.9 Å². The number of carbonyl (C=O) groups excluding carboxylic acids is 1. The summed E-state index contributed by atoms with van der Waals surface area (Å²) in [4.78, 5) is 32.1. The molecule has 42 heavy (non-hydrogen) atoms.